The molecule has 0 radical (unpaired) electrons. The summed E-state index contributed by atoms with van der Waals surface area (Å²) in [5.74, 6) is 0.0119. The van der Waals surface area contributed by atoms with Crippen LogP contribution in [-0.2, 0) is 9.53 Å². The van der Waals surface area contributed by atoms with E-state index in [1.165, 1.54) is 0 Å². The Morgan fingerprint density at radius 2 is 1.95 bits per heavy atom. The molecule has 0 bridgehead atoms. The molecule has 4 nitrogen and oxygen atoms in total. The minimum absolute atomic E-state index is 0. The molecule has 6 heteroatoms. The zero-order valence-electron chi connectivity index (χ0n) is 12.0. The van der Waals surface area contributed by atoms with E-state index in [2.05, 4.69) is 10.6 Å². The molecule has 0 heterocycles. The fraction of sp³-hybridized carbons (Fsp3) is 0.500. The highest BCUT2D eigenvalue weighted by atomic mass is 35.5. The SMILES string of the molecule is CNCCC(=O)NC(C)C(OC)c1ccc(Cl)cc1.Cl. The van der Waals surface area contributed by atoms with Gasteiger partial charge >= 0.3 is 0 Å². The van der Waals surface area contributed by atoms with Crippen molar-refractivity contribution in [1.29, 1.82) is 0 Å². The maximum absolute atomic E-state index is 11.7. The average Bonchev–Trinajstić information content (AvgIpc) is 2.39. The molecule has 1 aromatic carbocycles. The Labute approximate surface area is 131 Å². The van der Waals surface area contributed by atoms with Crippen molar-refractivity contribution in [2.24, 2.45) is 0 Å². The third kappa shape index (κ3) is 6.09. The number of methoxy groups -OCH3 is 1. The first kappa shape index (κ1) is 19.2. The Morgan fingerprint density at radius 3 is 2.45 bits per heavy atom. The van der Waals surface area contributed by atoms with Crippen LogP contribution >= 0.6 is 24.0 Å². The molecule has 0 fully saturated rings. The lowest BCUT2D eigenvalue weighted by molar-refractivity contribution is -0.122. The number of rotatable bonds is 7. The molecule has 0 aliphatic heterocycles. The van der Waals surface area contributed by atoms with Crippen molar-refractivity contribution in [3.8, 4) is 0 Å². The van der Waals surface area contributed by atoms with Crippen LogP contribution in [0.2, 0.25) is 5.02 Å². The molecule has 114 valence electrons. The van der Waals surface area contributed by atoms with Gasteiger partial charge in [0.1, 0.15) is 6.10 Å². The van der Waals surface area contributed by atoms with Crippen LogP contribution in [0.5, 0.6) is 0 Å². The van der Waals surface area contributed by atoms with Crippen LogP contribution in [0.3, 0.4) is 0 Å². The van der Waals surface area contributed by atoms with Crippen molar-refractivity contribution in [1.82, 2.24) is 10.6 Å². The summed E-state index contributed by atoms with van der Waals surface area (Å²) in [5, 5.41) is 6.57. The Hall–Kier alpha value is -0.810. The summed E-state index contributed by atoms with van der Waals surface area (Å²) in [4.78, 5) is 11.7. The summed E-state index contributed by atoms with van der Waals surface area (Å²) < 4.78 is 5.47. The monoisotopic (exact) mass is 320 g/mol. The number of amides is 1. The molecule has 1 aromatic rings. The molecule has 0 saturated heterocycles. The number of carbonyl (C=O) groups excluding carboxylic acids is 1. The summed E-state index contributed by atoms with van der Waals surface area (Å²) in [7, 11) is 3.46. The number of hydrogen-bond acceptors (Lipinski definition) is 3. The number of nitrogens with one attached hydrogen (secondary N) is 2. The van der Waals surface area contributed by atoms with Gasteiger partial charge in [-0.05, 0) is 31.7 Å². The molecular weight excluding hydrogens is 299 g/mol. The smallest absolute Gasteiger partial charge is 0.221 e. The van der Waals surface area contributed by atoms with Gasteiger partial charge in [-0.25, -0.2) is 0 Å². The van der Waals surface area contributed by atoms with E-state index in [-0.39, 0.29) is 30.5 Å². The highest BCUT2D eigenvalue weighted by Crippen LogP contribution is 2.22. The molecule has 0 aromatic heterocycles. The zero-order valence-corrected chi connectivity index (χ0v) is 13.6. The topological polar surface area (TPSA) is 50.4 Å². The molecule has 0 saturated carbocycles. The van der Waals surface area contributed by atoms with Crippen molar-refractivity contribution in [3.05, 3.63) is 34.9 Å². The summed E-state index contributed by atoms with van der Waals surface area (Å²) in [6.45, 7) is 2.59. The first-order valence-electron chi connectivity index (χ1n) is 6.30. The van der Waals surface area contributed by atoms with Gasteiger partial charge in [0.2, 0.25) is 5.91 Å². The van der Waals surface area contributed by atoms with Crippen LogP contribution < -0.4 is 10.6 Å². The molecule has 2 N–H and O–H groups in total. The van der Waals surface area contributed by atoms with E-state index >= 15 is 0 Å². The van der Waals surface area contributed by atoms with Crippen LogP contribution in [0.25, 0.3) is 0 Å². The molecule has 0 spiro atoms. The quantitative estimate of drug-likeness (QED) is 0.811. The number of hydrogen-bond donors (Lipinski definition) is 2. The van der Waals surface area contributed by atoms with E-state index in [0.29, 0.717) is 18.0 Å². The molecule has 2 atom stereocenters. The Balaban J connectivity index is 0.00000361. The Bertz CT molecular complexity index is 399. The van der Waals surface area contributed by atoms with Crippen LogP contribution in [0, 0.1) is 0 Å². The van der Waals surface area contributed by atoms with Crippen LogP contribution in [-0.4, -0.2) is 32.7 Å². The summed E-state index contributed by atoms with van der Waals surface area (Å²) in [6.07, 6.45) is 0.272. The minimum atomic E-state index is -0.184. The van der Waals surface area contributed by atoms with E-state index in [4.69, 9.17) is 16.3 Å². The van der Waals surface area contributed by atoms with E-state index in [0.717, 1.165) is 5.56 Å². The van der Waals surface area contributed by atoms with Gasteiger partial charge in [0.15, 0.2) is 0 Å². The Morgan fingerprint density at radius 1 is 1.35 bits per heavy atom. The predicted octanol–water partition coefficient (Wildman–Crippen LogP) is 2.56. The van der Waals surface area contributed by atoms with Gasteiger partial charge in [0.25, 0.3) is 0 Å². The van der Waals surface area contributed by atoms with Crippen molar-refractivity contribution < 1.29 is 9.53 Å². The number of halogens is 2. The van der Waals surface area contributed by atoms with Crippen LogP contribution in [0.1, 0.15) is 25.0 Å². The fourth-order valence-electron chi connectivity index (χ4n) is 1.92. The lowest BCUT2D eigenvalue weighted by Gasteiger charge is -2.24. The number of carbonyl (C=O) groups is 1. The lowest BCUT2D eigenvalue weighted by Crippen LogP contribution is -2.38. The molecule has 0 aliphatic carbocycles. The highest BCUT2D eigenvalue weighted by molar-refractivity contribution is 6.30. The van der Waals surface area contributed by atoms with E-state index in [1.54, 1.807) is 7.11 Å². The summed E-state index contributed by atoms with van der Waals surface area (Å²) in [6, 6.07) is 7.35. The number of ether oxygens (including phenoxy) is 1. The van der Waals surface area contributed by atoms with Gasteiger partial charge in [-0.3, -0.25) is 4.79 Å². The second-order valence-corrected chi connectivity index (χ2v) is 4.85. The predicted molar refractivity (Wildman–Crippen MR) is 84.6 cm³/mol. The third-order valence-corrected chi connectivity index (χ3v) is 3.15. The van der Waals surface area contributed by atoms with Crippen molar-refractivity contribution in [3.63, 3.8) is 0 Å². The second kappa shape index (κ2) is 10.00. The lowest BCUT2D eigenvalue weighted by atomic mass is 10.0. The van der Waals surface area contributed by atoms with Crippen molar-refractivity contribution >= 4 is 29.9 Å². The van der Waals surface area contributed by atoms with Crippen molar-refractivity contribution in [2.75, 3.05) is 20.7 Å². The van der Waals surface area contributed by atoms with Crippen LogP contribution in [0.15, 0.2) is 24.3 Å². The normalized spacial score (nSPS) is 13.2. The molecule has 2 unspecified atom stereocenters. The summed E-state index contributed by atoms with van der Waals surface area (Å²) in [5.41, 5.74) is 0.994. The maximum Gasteiger partial charge on any atom is 0.221 e. The highest BCUT2D eigenvalue weighted by Gasteiger charge is 2.20. The average molecular weight is 321 g/mol. The maximum atomic E-state index is 11.7. The van der Waals surface area contributed by atoms with Gasteiger partial charge in [-0.2, -0.15) is 0 Å². The third-order valence-electron chi connectivity index (χ3n) is 2.90. The fourth-order valence-corrected chi connectivity index (χ4v) is 2.05. The molecule has 0 aliphatic rings. The first-order valence-corrected chi connectivity index (χ1v) is 6.68. The van der Waals surface area contributed by atoms with E-state index in [1.807, 2.05) is 38.2 Å². The van der Waals surface area contributed by atoms with Crippen LogP contribution in [0.4, 0.5) is 0 Å². The van der Waals surface area contributed by atoms with E-state index < -0.39 is 0 Å². The molecule has 20 heavy (non-hydrogen) atoms. The van der Waals surface area contributed by atoms with Gasteiger partial charge in [-0.15, -0.1) is 12.4 Å². The molecule has 1 rings (SSSR count). The van der Waals surface area contributed by atoms with Crippen molar-refractivity contribution in [2.45, 2.75) is 25.5 Å². The second-order valence-electron chi connectivity index (χ2n) is 4.42. The van der Waals surface area contributed by atoms with Gasteiger partial charge in [-0.1, -0.05) is 23.7 Å². The van der Waals surface area contributed by atoms with E-state index in [9.17, 15) is 4.79 Å². The molecule has 1 amide bonds. The summed E-state index contributed by atoms with van der Waals surface area (Å²) >= 11 is 5.86. The number of benzene rings is 1. The Kier molecular flexibility index (Phi) is 9.59. The minimum Gasteiger partial charge on any atom is -0.375 e. The molecular formula is C14H22Cl2N2O2. The van der Waals surface area contributed by atoms with Gasteiger partial charge in [0, 0.05) is 25.1 Å². The first-order chi connectivity index (χ1) is 9.08. The van der Waals surface area contributed by atoms with Gasteiger partial charge < -0.3 is 15.4 Å². The standard InChI is InChI=1S/C14H21ClN2O2.ClH/c1-10(17-13(18)8-9-16-2)14(19-3)11-4-6-12(15)7-5-11;/h4-7,10,14,16H,8-9H2,1-3H3,(H,17,18);1H. The largest absolute Gasteiger partial charge is 0.375 e. The van der Waals surface area contributed by atoms with Gasteiger partial charge in [0.05, 0.1) is 6.04 Å². The zero-order chi connectivity index (χ0) is 14.3.